The zero-order valence-electron chi connectivity index (χ0n) is 16.9. The molecule has 1 rings (SSSR count). The molecule has 138 valence electrons. The Balaban J connectivity index is 3.02. The number of rotatable bonds is 10. The van der Waals surface area contributed by atoms with Crippen LogP contribution in [0.15, 0.2) is 36.5 Å². The molecule has 0 N–H and O–H groups in total. The van der Waals surface area contributed by atoms with E-state index >= 15 is 0 Å². The van der Waals surface area contributed by atoms with Gasteiger partial charge in [0.2, 0.25) is 0 Å². The van der Waals surface area contributed by atoms with Crippen molar-refractivity contribution in [2.45, 2.75) is 66.5 Å². The topological polar surface area (TPSA) is 6.48 Å². The van der Waals surface area contributed by atoms with Gasteiger partial charge in [-0.05, 0) is 63.1 Å². The van der Waals surface area contributed by atoms with Gasteiger partial charge in [-0.1, -0.05) is 58.6 Å². The number of likely N-dealkylation sites (tertiary alicyclic amines) is 1. The molecular weight excluding hydrogens is 292 g/mol. The summed E-state index contributed by atoms with van der Waals surface area (Å²) in [7, 11) is 0. The van der Waals surface area contributed by atoms with Gasteiger partial charge in [0.25, 0.3) is 0 Å². The highest BCUT2D eigenvalue weighted by molar-refractivity contribution is 5.28. The van der Waals surface area contributed by atoms with Crippen LogP contribution in [0.25, 0.3) is 0 Å². The average Bonchev–Trinajstić information content (AvgIpc) is 2.55. The summed E-state index contributed by atoms with van der Waals surface area (Å²) in [6.07, 6.45) is 9.86. The molecule has 2 heteroatoms. The van der Waals surface area contributed by atoms with Crippen LogP contribution in [-0.2, 0) is 0 Å². The summed E-state index contributed by atoms with van der Waals surface area (Å²) in [5.41, 5.74) is 2.32. The van der Waals surface area contributed by atoms with Crippen LogP contribution < -0.4 is 0 Å². The molecule has 24 heavy (non-hydrogen) atoms. The van der Waals surface area contributed by atoms with Crippen LogP contribution in [0.5, 0.6) is 0 Å². The lowest BCUT2D eigenvalue weighted by Crippen LogP contribution is -2.54. The van der Waals surface area contributed by atoms with Gasteiger partial charge in [0.05, 0.1) is 6.17 Å². The average molecular weight is 333 g/mol. The van der Waals surface area contributed by atoms with Crippen molar-refractivity contribution in [1.29, 1.82) is 0 Å². The van der Waals surface area contributed by atoms with Crippen molar-refractivity contribution in [3.05, 3.63) is 36.5 Å². The Morgan fingerprint density at radius 1 is 1.21 bits per heavy atom. The summed E-state index contributed by atoms with van der Waals surface area (Å²) in [5.74, 6) is 1.43. The van der Waals surface area contributed by atoms with Crippen molar-refractivity contribution in [2.24, 2.45) is 11.8 Å². The van der Waals surface area contributed by atoms with Crippen molar-refractivity contribution in [1.82, 2.24) is 9.80 Å². The fraction of sp³-hybridized carbons (Fsp3) is 0.727. The van der Waals surface area contributed by atoms with Crippen LogP contribution in [0.4, 0.5) is 0 Å². The summed E-state index contributed by atoms with van der Waals surface area (Å²) in [5, 5.41) is 0. The molecule has 0 amide bonds. The van der Waals surface area contributed by atoms with Crippen molar-refractivity contribution in [3.63, 3.8) is 0 Å². The molecule has 2 nitrogen and oxygen atoms in total. The minimum atomic E-state index is 0.312. The second-order valence-corrected chi connectivity index (χ2v) is 7.48. The SMILES string of the molecule is C=C(C)C(=C)C(N(CCC)CCC)N1CCC(C)C(/C=C\CC)C1. The maximum absolute atomic E-state index is 4.42. The minimum absolute atomic E-state index is 0.312. The molecule has 1 heterocycles. The van der Waals surface area contributed by atoms with Crippen molar-refractivity contribution in [3.8, 4) is 0 Å². The number of hydrogen-bond acceptors (Lipinski definition) is 2. The lowest BCUT2D eigenvalue weighted by Gasteiger charge is -2.46. The molecule has 0 aromatic heterocycles. The van der Waals surface area contributed by atoms with Crippen LogP contribution in [0, 0.1) is 11.8 Å². The Kier molecular flexibility index (Phi) is 9.61. The molecule has 0 aliphatic carbocycles. The van der Waals surface area contributed by atoms with Crippen LogP contribution in [-0.4, -0.2) is 42.1 Å². The molecule has 3 atom stereocenters. The highest BCUT2D eigenvalue weighted by atomic mass is 15.4. The van der Waals surface area contributed by atoms with Gasteiger partial charge in [0.15, 0.2) is 0 Å². The predicted molar refractivity (Wildman–Crippen MR) is 108 cm³/mol. The molecule has 1 aliphatic heterocycles. The van der Waals surface area contributed by atoms with Crippen molar-refractivity contribution >= 4 is 0 Å². The minimum Gasteiger partial charge on any atom is -0.284 e. The fourth-order valence-electron chi connectivity index (χ4n) is 3.73. The van der Waals surface area contributed by atoms with Crippen molar-refractivity contribution in [2.75, 3.05) is 26.2 Å². The van der Waals surface area contributed by atoms with E-state index in [4.69, 9.17) is 0 Å². The molecule has 0 aromatic carbocycles. The monoisotopic (exact) mass is 332 g/mol. The first-order chi connectivity index (χ1) is 11.5. The smallest absolute Gasteiger partial charge is 0.0882 e. The maximum atomic E-state index is 4.42. The molecule has 1 aliphatic rings. The number of hydrogen-bond donors (Lipinski definition) is 0. The molecule has 0 spiro atoms. The lowest BCUT2D eigenvalue weighted by molar-refractivity contribution is 0.0291. The van der Waals surface area contributed by atoms with Crippen LogP contribution >= 0.6 is 0 Å². The third-order valence-electron chi connectivity index (χ3n) is 5.24. The van der Waals surface area contributed by atoms with E-state index in [0.29, 0.717) is 12.1 Å². The quantitative estimate of drug-likeness (QED) is 0.385. The van der Waals surface area contributed by atoms with E-state index in [0.717, 1.165) is 37.5 Å². The van der Waals surface area contributed by atoms with E-state index in [1.54, 1.807) is 0 Å². The standard InChI is InChI=1S/C22H40N2/c1-8-11-12-21-17-24(16-13-19(21)6)22(20(7)18(4)5)23(14-9-2)15-10-3/h11-12,19,21-22H,4,7-10,13-17H2,1-3,5-6H3/b12-11-. The van der Waals surface area contributed by atoms with Gasteiger partial charge in [0, 0.05) is 13.1 Å². The Morgan fingerprint density at radius 2 is 1.83 bits per heavy atom. The maximum Gasteiger partial charge on any atom is 0.0882 e. The molecule has 0 saturated carbocycles. The van der Waals surface area contributed by atoms with Gasteiger partial charge in [-0.2, -0.15) is 0 Å². The van der Waals surface area contributed by atoms with E-state index in [2.05, 4.69) is 69.7 Å². The molecule has 1 fully saturated rings. The van der Waals surface area contributed by atoms with Gasteiger partial charge in [-0.15, -0.1) is 0 Å². The summed E-state index contributed by atoms with van der Waals surface area (Å²) >= 11 is 0. The fourth-order valence-corrected chi connectivity index (χ4v) is 3.73. The second-order valence-electron chi connectivity index (χ2n) is 7.48. The molecule has 0 radical (unpaired) electrons. The summed E-state index contributed by atoms with van der Waals surface area (Å²) in [4.78, 5) is 5.28. The number of allylic oxidation sites excluding steroid dienone is 1. The molecule has 3 unspecified atom stereocenters. The normalized spacial score (nSPS) is 23.8. The Hall–Kier alpha value is -0.860. The predicted octanol–water partition coefficient (Wildman–Crippen LogP) is 5.49. The van der Waals surface area contributed by atoms with Gasteiger partial charge >= 0.3 is 0 Å². The summed E-state index contributed by atoms with van der Waals surface area (Å²) < 4.78 is 0. The van der Waals surface area contributed by atoms with Gasteiger partial charge in [0.1, 0.15) is 0 Å². The number of nitrogens with zero attached hydrogens (tertiary/aromatic N) is 2. The first-order valence-electron chi connectivity index (χ1n) is 9.95. The van der Waals surface area contributed by atoms with E-state index in [1.807, 2.05) is 0 Å². The zero-order chi connectivity index (χ0) is 18.1. The lowest BCUT2D eigenvalue weighted by atomic mass is 9.85. The Morgan fingerprint density at radius 3 is 2.33 bits per heavy atom. The molecular formula is C22H40N2. The van der Waals surface area contributed by atoms with Crippen molar-refractivity contribution < 1.29 is 0 Å². The van der Waals surface area contributed by atoms with Crippen LogP contribution in [0.2, 0.25) is 0 Å². The largest absolute Gasteiger partial charge is 0.284 e. The number of piperidine rings is 1. The van der Waals surface area contributed by atoms with E-state index < -0.39 is 0 Å². The highest BCUT2D eigenvalue weighted by Gasteiger charge is 2.33. The summed E-state index contributed by atoms with van der Waals surface area (Å²) in [6.45, 7) is 24.4. The van der Waals surface area contributed by atoms with E-state index in [1.165, 1.54) is 31.4 Å². The van der Waals surface area contributed by atoms with E-state index in [-0.39, 0.29) is 0 Å². The second kappa shape index (κ2) is 10.9. The third-order valence-corrected chi connectivity index (χ3v) is 5.24. The van der Waals surface area contributed by atoms with Gasteiger partial charge < -0.3 is 0 Å². The highest BCUT2D eigenvalue weighted by Crippen LogP contribution is 2.30. The third kappa shape index (κ3) is 5.89. The van der Waals surface area contributed by atoms with Gasteiger partial charge in [-0.3, -0.25) is 9.80 Å². The molecule has 0 aromatic rings. The van der Waals surface area contributed by atoms with Gasteiger partial charge in [-0.25, -0.2) is 0 Å². The molecule has 1 saturated heterocycles. The Labute approximate surface area is 151 Å². The van der Waals surface area contributed by atoms with Crippen LogP contribution in [0.3, 0.4) is 0 Å². The zero-order valence-corrected chi connectivity index (χ0v) is 16.9. The first-order valence-corrected chi connectivity index (χ1v) is 9.95. The van der Waals surface area contributed by atoms with E-state index in [9.17, 15) is 0 Å². The Bertz CT molecular complexity index is 418. The summed E-state index contributed by atoms with van der Waals surface area (Å²) in [6, 6.07) is 0. The first kappa shape index (κ1) is 21.2. The van der Waals surface area contributed by atoms with Crippen LogP contribution in [0.1, 0.15) is 60.3 Å². The molecule has 0 bridgehead atoms.